The minimum Gasteiger partial charge on any atom is -0.242 e. The monoisotopic (exact) mass is 520 g/mol. The number of hydrogen-bond donors (Lipinski definition) is 0. The number of benzene rings is 4. The van der Waals surface area contributed by atoms with E-state index in [0.29, 0.717) is 23.5 Å². The van der Waals surface area contributed by atoms with Gasteiger partial charge in [-0.15, -0.1) is 0 Å². The number of rotatable bonds is 5. The minimum atomic E-state index is -4.00. The third-order valence-corrected chi connectivity index (χ3v) is 8.79. The van der Waals surface area contributed by atoms with Gasteiger partial charge in [-0.2, -0.15) is 0 Å². The molecule has 1 aliphatic rings. The summed E-state index contributed by atoms with van der Waals surface area (Å²) in [6.07, 6.45) is 0.415. The summed E-state index contributed by atoms with van der Waals surface area (Å²) in [7, 11) is -4.00. The Bertz CT molecular complexity index is 1700. The van der Waals surface area contributed by atoms with Crippen LogP contribution in [0.3, 0.4) is 0 Å². The van der Waals surface area contributed by atoms with Gasteiger partial charge in [0.15, 0.2) is 0 Å². The summed E-state index contributed by atoms with van der Waals surface area (Å²) >= 11 is 0. The van der Waals surface area contributed by atoms with Crippen molar-refractivity contribution in [3.63, 3.8) is 0 Å². The summed E-state index contributed by atoms with van der Waals surface area (Å²) in [5.74, 6) is 0.0340. The maximum absolute atomic E-state index is 14.3. The Balaban J connectivity index is 1.62. The van der Waals surface area contributed by atoms with Crippen LogP contribution in [0.25, 0.3) is 22.4 Å². The molecule has 0 aliphatic carbocycles. The van der Waals surface area contributed by atoms with Crippen molar-refractivity contribution >= 4 is 15.8 Å². The zero-order valence-corrected chi connectivity index (χ0v) is 21.6. The molecule has 1 aromatic heterocycles. The lowest BCUT2D eigenvalue weighted by atomic mass is 9.95. The number of fused-ring (bicyclic) bond motifs is 1. The number of anilines is 1. The Morgan fingerprint density at radius 2 is 1.39 bits per heavy atom. The highest BCUT2D eigenvalue weighted by atomic mass is 32.2. The van der Waals surface area contributed by atoms with Crippen molar-refractivity contribution in [1.29, 1.82) is 0 Å². The number of pyridine rings is 1. The van der Waals surface area contributed by atoms with Crippen LogP contribution in [-0.4, -0.2) is 13.4 Å². The maximum atomic E-state index is 14.3. The molecule has 1 aliphatic heterocycles. The van der Waals surface area contributed by atoms with Crippen molar-refractivity contribution in [2.45, 2.75) is 24.3 Å². The molecule has 0 amide bonds. The molecule has 0 radical (unpaired) electrons. The predicted molar refractivity (Wildman–Crippen MR) is 149 cm³/mol. The third kappa shape index (κ3) is 4.27. The van der Waals surface area contributed by atoms with Crippen LogP contribution in [-0.2, 0) is 16.4 Å². The maximum Gasteiger partial charge on any atom is 0.266 e. The van der Waals surface area contributed by atoms with Crippen LogP contribution in [0.1, 0.15) is 22.7 Å². The second kappa shape index (κ2) is 9.54. The largest absolute Gasteiger partial charge is 0.266 e. The molecule has 4 nitrogen and oxygen atoms in total. The summed E-state index contributed by atoms with van der Waals surface area (Å²) in [4.78, 5) is 5.16. The first kappa shape index (κ1) is 24.1. The van der Waals surface area contributed by atoms with E-state index in [1.807, 2.05) is 73.7 Å². The molecule has 0 saturated heterocycles. The van der Waals surface area contributed by atoms with Gasteiger partial charge in [-0.1, -0.05) is 90.5 Å². The fraction of sp³-hybridized carbons (Fsp3) is 0.0938. The number of hydrogen-bond acceptors (Lipinski definition) is 3. The standard InChI is InChI=1S/C32H25FN2O2S/c1-22-12-18-27(19-13-22)38(36,37)35-31(25-14-16-26(33)17-15-25)21-29-28(23-8-4-2-5-9-23)20-30(34-32(29)35)24-10-6-3-7-11-24/h2-20,31H,21H2,1H3. The number of aromatic nitrogens is 1. The second-order valence-electron chi connectivity index (χ2n) is 9.47. The SMILES string of the molecule is Cc1ccc(S(=O)(=O)N2c3nc(-c4ccccc4)cc(-c4ccccc4)c3CC2c2ccc(F)cc2)cc1. The lowest BCUT2D eigenvalue weighted by molar-refractivity contribution is 0.581. The molecule has 0 saturated carbocycles. The molecule has 0 bridgehead atoms. The van der Waals surface area contributed by atoms with Crippen LogP contribution in [0.4, 0.5) is 10.2 Å². The summed E-state index contributed by atoms with van der Waals surface area (Å²) in [6.45, 7) is 1.92. The molecular weight excluding hydrogens is 495 g/mol. The van der Waals surface area contributed by atoms with Gasteiger partial charge in [0.1, 0.15) is 11.6 Å². The third-order valence-electron chi connectivity index (χ3n) is 6.98. The molecule has 0 N–H and O–H groups in total. The zero-order valence-electron chi connectivity index (χ0n) is 20.8. The van der Waals surface area contributed by atoms with Gasteiger partial charge in [-0.25, -0.2) is 22.1 Å². The van der Waals surface area contributed by atoms with Gasteiger partial charge in [-0.05, 0) is 53.9 Å². The van der Waals surface area contributed by atoms with E-state index < -0.39 is 16.1 Å². The number of nitrogens with zero attached hydrogens (tertiary/aromatic N) is 2. The molecule has 0 spiro atoms. The molecule has 188 valence electrons. The molecule has 5 aromatic rings. The van der Waals surface area contributed by atoms with Gasteiger partial charge >= 0.3 is 0 Å². The van der Waals surface area contributed by atoms with E-state index >= 15 is 0 Å². The number of sulfonamides is 1. The molecule has 6 rings (SSSR count). The zero-order chi connectivity index (χ0) is 26.3. The van der Waals surface area contributed by atoms with Gasteiger partial charge in [0.25, 0.3) is 10.0 Å². The van der Waals surface area contributed by atoms with Gasteiger partial charge in [0.05, 0.1) is 16.6 Å². The fourth-order valence-corrected chi connectivity index (χ4v) is 6.66. The molecule has 38 heavy (non-hydrogen) atoms. The van der Waals surface area contributed by atoms with E-state index in [0.717, 1.165) is 27.8 Å². The van der Waals surface area contributed by atoms with Crippen molar-refractivity contribution < 1.29 is 12.8 Å². The van der Waals surface area contributed by atoms with Crippen LogP contribution in [0, 0.1) is 12.7 Å². The van der Waals surface area contributed by atoms with E-state index in [1.165, 1.54) is 16.4 Å². The van der Waals surface area contributed by atoms with Crippen molar-refractivity contribution in [1.82, 2.24) is 4.98 Å². The molecule has 1 atom stereocenters. The number of aryl methyl sites for hydroxylation is 1. The van der Waals surface area contributed by atoms with Crippen LogP contribution in [0.5, 0.6) is 0 Å². The van der Waals surface area contributed by atoms with Crippen molar-refractivity contribution in [3.05, 3.63) is 138 Å². The Labute approximate surface area is 222 Å². The first-order chi connectivity index (χ1) is 18.4. The second-order valence-corrected chi connectivity index (χ2v) is 11.3. The van der Waals surface area contributed by atoms with E-state index in [9.17, 15) is 12.8 Å². The molecule has 2 heterocycles. The van der Waals surface area contributed by atoms with Gasteiger partial charge < -0.3 is 0 Å². The topological polar surface area (TPSA) is 50.3 Å². The Morgan fingerprint density at radius 3 is 2.03 bits per heavy atom. The highest BCUT2D eigenvalue weighted by Gasteiger charge is 2.42. The van der Waals surface area contributed by atoms with Gasteiger partial charge in [0.2, 0.25) is 0 Å². The fourth-order valence-electron chi connectivity index (χ4n) is 5.04. The van der Waals surface area contributed by atoms with Crippen molar-refractivity contribution in [2.24, 2.45) is 0 Å². The van der Waals surface area contributed by atoms with E-state index in [4.69, 9.17) is 4.98 Å². The Hall–Kier alpha value is -4.29. The first-order valence-corrected chi connectivity index (χ1v) is 13.9. The van der Waals surface area contributed by atoms with Crippen molar-refractivity contribution in [2.75, 3.05) is 4.31 Å². The summed E-state index contributed by atoms with van der Waals surface area (Å²) < 4.78 is 43.8. The predicted octanol–water partition coefficient (Wildman–Crippen LogP) is 7.36. The van der Waals surface area contributed by atoms with E-state index in [-0.39, 0.29) is 10.7 Å². The van der Waals surface area contributed by atoms with Gasteiger partial charge in [0, 0.05) is 17.5 Å². The normalized spacial score (nSPS) is 14.9. The molecule has 6 heteroatoms. The quantitative estimate of drug-likeness (QED) is 0.243. The lowest BCUT2D eigenvalue weighted by Crippen LogP contribution is -2.33. The van der Waals surface area contributed by atoms with Gasteiger partial charge in [-0.3, -0.25) is 0 Å². The van der Waals surface area contributed by atoms with Crippen LogP contribution < -0.4 is 4.31 Å². The van der Waals surface area contributed by atoms with E-state index in [1.54, 1.807) is 36.4 Å². The van der Waals surface area contributed by atoms with Crippen LogP contribution >= 0.6 is 0 Å². The highest BCUT2D eigenvalue weighted by molar-refractivity contribution is 7.92. The average molecular weight is 521 g/mol. The average Bonchev–Trinajstić information content (AvgIpc) is 3.34. The lowest BCUT2D eigenvalue weighted by Gasteiger charge is -2.27. The highest BCUT2D eigenvalue weighted by Crippen LogP contribution is 2.47. The number of halogens is 1. The molecule has 0 fully saturated rings. The summed E-state index contributed by atoms with van der Waals surface area (Å²) in [5.41, 5.74) is 6.02. The smallest absolute Gasteiger partial charge is 0.242 e. The first-order valence-electron chi connectivity index (χ1n) is 12.4. The molecule has 4 aromatic carbocycles. The van der Waals surface area contributed by atoms with E-state index in [2.05, 4.69) is 0 Å². The summed E-state index contributed by atoms with van der Waals surface area (Å²) in [5, 5.41) is 0. The van der Waals surface area contributed by atoms with Crippen LogP contribution in [0.15, 0.2) is 120 Å². The minimum absolute atomic E-state index is 0.191. The molecular formula is C32H25FN2O2S. The van der Waals surface area contributed by atoms with Crippen LogP contribution in [0.2, 0.25) is 0 Å². The molecule has 1 unspecified atom stereocenters. The van der Waals surface area contributed by atoms with Crippen molar-refractivity contribution in [3.8, 4) is 22.4 Å². The Kier molecular flexibility index (Phi) is 6.04. The Morgan fingerprint density at radius 1 is 0.789 bits per heavy atom. The summed E-state index contributed by atoms with van der Waals surface area (Å²) in [6, 6.07) is 34.1.